The summed E-state index contributed by atoms with van der Waals surface area (Å²) >= 11 is 6.01. The van der Waals surface area contributed by atoms with Crippen molar-refractivity contribution >= 4 is 11.6 Å². The van der Waals surface area contributed by atoms with Crippen molar-refractivity contribution in [2.75, 3.05) is 0 Å². The molecule has 1 heterocycles. The van der Waals surface area contributed by atoms with Crippen LogP contribution in [0.4, 0.5) is 0 Å². The fourth-order valence-corrected chi connectivity index (χ4v) is 2.15. The van der Waals surface area contributed by atoms with E-state index in [0.29, 0.717) is 5.15 Å². The third kappa shape index (κ3) is 1.68. The molecule has 0 saturated carbocycles. The predicted octanol–water partition coefficient (Wildman–Crippen LogP) is 2.64. The molecule has 0 fully saturated rings. The fraction of sp³-hybridized carbons (Fsp3) is 0.600. The largest absolute Gasteiger partial charge is 0.241 e. The summed E-state index contributed by atoms with van der Waals surface area (Å²) in [6, 6.07) is 0. The molecule has 0 aliphatic heterocycles. The monoisotopic (exact) mass is 196 g/mol. The normalized spacial score (nSPS) is 21.2. The van der Waals surface area contributed by atoms with E-state index in [2.05, 4.69) is 16.9 Å². The Morgan fingerprint density at radius 2 is 2.38 bits per heavy atom. The standard InChI is InChI=1S/C10H13ClN2/c1-2-7-3-4-9-8(5-7)10(11)13-6-12-9/h6-7H,2-5H2,1H3. The second kappa shape index (κ2) is 3.62. The van der Waals surface area contributed by atoms with Crippen molar-refractivity contribution in [1.29, 1.82) is 0 Å². The molecule has 2 nitrogen and oxygen atoms in total. The van der Waals surface area contributed by atoms with E-state index in [9.17, 15) is 0 Å². The summed E-state index contributed by atoms with van der Waals surface area (Å²) in [5, 5.41) is 0.656. The highest BCUT2D eigenvalue weighted by molar-refractivity contribution is 6.30. The van der Waals surface area contributed by atoms with Gasteiger partial charge in [0, 0.05) is 11.3 Å². The van der Waals surface area contributed by atoms with Gasteiger partial charge in [-0.2, -0.15) is 0 Å². The van der Waals surface area contributed by atoms with Gasteiger partial charge in [0.25, 0.3) is 0 Å². The van der Waals surface area contributed by atoms with Gasteiger partial charge in [0.1, 0.15) is 11.5 Å². The van der Waals surface area contributed by atoms with Crippen LogP contribution in [0.3, 0.4) is 0 Å². The van der Waals surface area contributed by atoms with Gasteiger partial charge in [-0.1, -0.05) is 24.9 Å². The number of hydrogen-bond acceptors (Lipinski definition) is 2. The number of hydrogen-bond donors (Lipinski definition) is 0. The molecule has 1 aromatic heterocycles. The lowest BCUT2D eigenvalue weighted by molar-refractivity contribution is 0.438. The lowest BCUT2D eigenvalue weighted by atomic mass is 9.86. The van der Waals surface area contributed by atoms with Crippen LogP contribution in [0.1, 0.15) is 31.0 Å². The Morgan fingerprint density at radius 1 is 1.54 bits per heavy atom. The minimum absolute atomic E-state index is 0.656. The van der Waals surface area contributed by atoms with Crippen LogP contribution >= 0.6 is 11.6 Å². The molecule has 1 aliphatic rings. The van der Waals surface area contributed by atoms with Crippen LogP contribution in [0, 0.1) is 5.92 Å². The first-order chi connectivity index (χ1) is 6.31. The van der Waals surface area contributed by atoms with Gasteiger partial charge in [0.05, 0.1) is 0 Å². The van der Waals surface area contributed by atoms with E-state index < -0.39 is 0 Å². The first-order valence-electron chi connectivity index (χ1n) is 4.79. The molecule has 1 atom stereocenters. The summed E-state index contributed by atoms with van der Waals surface area (Å²) in [4.78, 5) is 8.27. The minimum atomic E-state index is 0.656. The molecule has 13 heavy (non-hydrogen) atoms. The average Bonchev–Trinajstić information content (AvgIpc) is 2.18. The van der Waals surface area contributed by atoms with E-state index >= 15 is 0 Å². The van der Waals surface area contributed by atoms with Crippen molar-refractivity contribution in [2.45, 2.75) is 32.6 Å². The maximum Gasteiger partial charge on any atom is 0.135 e. The van der Waals surface area contributed by atoms with Crippen LogP contribution < -0.4 is 0 Å². The molecule has 0 saturated heterocycles. The van der Waals surface area contributed by atoms with Crippen molar-refractivity contribution in [3.05, 3.63) is 22.7 Å². The Bertz CT molecular complexity index is 312. The lowest BCUT2D eigenvalue weighted by Gasteiger charge is -2.22. The lowest BCUT2D eigenvalue weighted by Crippen LogP contribution is -2.15. The molecule has 0 radical (unpaired) electrons. The van der Waals surface area contributed by atoms with Crippen molar-refractivity contribution in [3.8, 4) is 0 Å². The number of aryl methyl sites for hydroxylation is 1. The molecule has 1 aliphatic carbocycles. The number of halogens is 1. The molecule has 1 aromatic rings. The summed E-state index contributed by atoms with van der Waals surface area (Å²) in [6.45, 7) is 2.23. The molecular formula is C10H13ClN2. The number of fused-ring (bicyclic) bond motifs is 1. The van der Waals surface area contributed by atoms with Crippen LogP contribution in [-0.4, -0.2) is 9.97 Å². The van der Waals surface area contributed by atoms with Crippen molar-refractivity contribution < 1.29 is 0 Å². The molecule has 70 valence electrons. The molecular weight excluding hydrogens is 184 g/mol. The maximum atomic E-state index is 6.01. The molecule has 2 rings (SSSR count). The van der Waals surface area contributed by atoms with E-state index in [1.807, 2.05) is 0 Å². The van der Waals surface area contributed by atoms with Crippen LogP contribution in [0.2, 0.25) is 5.15 Å². The zero-order valence-electron chi connectivity index (χ0n) is 7.76. The zero-order valence-corrected chi connectivity index (χ0v) is 8.51. The molecule has 0 amide bonds. The van der Waals surface area contributed by atoms with E-state index in [1.165, 1.54) is 18.4 Å². The van der Waals surface area contributed by atoms with Gasteiger partial charge in [-0.05, 0) is 25.2 Å². The van der Waals surface area contributed by atoms with Crippen molar-refractivity contribution in [2.24, 2.45) is 5.92 Å². The summed E-state index contributed by atoms with van der Waals surface area (Å²) in [7, 11) is 0. The Kier molecular flexibility index (Phi) is 2.49. The molecule has 0 aromatic carbocycles. The second-order valence-electron chi connectivity index (χ2n) is 3.61. The van der Waals surface area contributed by atoms with Crippen LogP contribution in [-0.2, 0) is 12.8 Å². The van der Waals surface area contributed by atoms with E-state index in [4.69, 9.17) is 11.6 Å². The summed E-state index contributed by atoms with van der Waals surface area (Å²) < 4.78 is 0. The summed E-state index contributed by atoms with van der Waals surface area (Å²) in [6.07, 6.45) is 6.16. The quantitative estimate of drug-likeness (QED) is 0.646. The van der Waals surface area contributed by atoms with E-state index in [-0.39, 0.29) is 0 Å². The Morgan fingerprint density at radius 3 is 3.15 bits per heavy atom. The predicted molar refractivity (Wildman–Crippen MR) is 52.8 cm³/mol. The van der Waals surface area contributed by atoms with Crippen LogP contribution in [0.25, 0.3) is 0 Å². The van der Waals surface area contributed by atoms with Crippen LogP contribution in [0.5, 0.6) is 0 Å². The SMILES string of the molecule is CCC1CCc2ncnc(Cl)c2C1. The minimum Gasteiger partial charge on any atom is -0.241 e. The van der Waals surface area contributed by atoms with Crippen molar-refractivity contribution in [1.82, 2.24) is 9.97 Å². The Balaban J connectivity index is 2.32. The summed E-state index contributed by atoms with van der Waals surface area (Å²) in [5.41, 5.74) is 2.34. The third-order valence-electron chi connectivity index (χ3n) is 2.84. The van der Waals surface area contributed by atoms with Gasteiger partial charge in [-0.25, -0.2) is 9.97 Å². The Hall–Kier alpha value is -0.630. The zero-order chi connectivity index (χ0) is 9.26. The molecule has 0 bridgehead atoms. The number of nitrogens with zero attached hydrogens (tertiary/aromatic N) is 2. The Labute approximate surface area is 83.4 Å². The average molecular weight is 197 g/mol. The molecule has 0 spiro atoms. The highest BCUT2D eigenvalue weighted by atomic mass is 35.5. The topological polar surface area (TPSA) is 25.8 Å². The number of rotatable bonds is 1. The molecule has 1 unspecified atom stereocenters. The molecule has 0 N–H and O–H groups in total. The molecule has 3 heteroatoms. The summed E-state index contributed by atoms with van der Waals surface area (Å²) in [5.74, 6) is 0.774. The van der Waals surface area contributed by atoms with Crippen LogP contribution in [0.15, 0.2) is 6.33 Å². The fourth-order valence-electron chi connectivity index (χ4n) is 1.92. The van der Waals surface area contributed by atoms with Gasteiger partial charge in [0.2, 0.25) is 0 Å². The first kappa shape index (κ1) is 8.95. The highest BCUT2D eigenvalue weighted by Crippen LogP contribution is 2.29. The maximum absolute atomic E-state index is 6.01. The van der Waals surface area contributed by atoms with Gasteiger partial charge in [-0.3, -0.25) is 0 Å². The number of aromatic nitrogens is 2. The van der Waals surface area contributed by atoms with Crippen molar-refractivity contribution in [3.63, 3.8) is 0 Å². The van der Waals surface area contributed by atoms with Gasteiger partial charge in [-0.15, -0.1) is 0 Å². The van der Waals surface area contributed by atoms with E-state index in [1.54, 1.807) is 6.33 Å². The third-order valence-corrected chi connectivity index (χ3v) is 3.17. The smallest absolute Gasteiger partial charge is 0.135 e. The second-order valence-corrected chi connectivity index (χ2v) is 3.96. The van der Waals surface area contributed by atoms with Gasteiger partial charge < -0.3 is 0 Å². The van der Waals surface area contributed by atoms with Gasteiger partial charge in [0.15, 0.2) is 0 Å². The van der Waals surface area contributed by atoms with Gasteiger partial charge >= 0.3 is 0 Å². The first-order valence-corrected chi connectivity index (χ1v) is 5.17. The highest BCUT2D eigenvalue weighted by Gasteiger charge is 2.20. The van der Waals surface area contributed by atoms with E-state index in [0.717, 1.165) is 24.5 Å².